The van der Waals surface area contributed by atoms with Gasteiger partial charge in [-0.15, -0.1) is 0 Å². The molecule has 0 unspecified atom stereocenters. The van der Waals surface area contributed by atoms with E-state index in [1.165, 1.54) is 0 Å². The highest BCUT2D eigenvalue weighted by molar-refractivity contribution is 6.17. The van der Waals surface area contributed by atoms with Crippen molar-refractivity contribution < 1.29 is 15.0 Å². The lowest BCUT2D eigenvalue weighted by atomic mass is 9.90. The number of aromatic amines is 2. The lowest BCUT2D eigenvalue weighted by Crippen LogP contribution is -2.12. The molecule has 128 valence electrons. The molecular weight excluding hydrogens is 304 g/mol. The number of aliphatic hydroxyl groups excluding tert-OH is 2. The molecule has 0 fully saturated rings. The molecule has 4 N–H and O–H groups in total. The molecular formula is C19H24N2O3. The summed E-state index contributed by atoms with van der Waals surface area (Å²) in [6.45, 7) is 11.8. The van der Waals surface area contributed by atoms with Crippen molar-refractivity contribution in [2.24, 2.45) is 11.8 Å². The minimum absolute atomic E-state index is 0.0408. The molecule has 2 aromatic heterocycles. The summed E-state index contributed by atoms with van der Waals surface area (Å²) in [5, 5.41) is 20.5. The van der Waals surface area contributed by atoms with Gasteiger partial charge in [0.1, 0.15) is 0 Å². The SMILES string of the molecule is C=C1c2cc([C@H](O)C(C)C)[nH]c2C(=O)c2cc([C@H](O)C(C)C)[nH]c21. The Labute approximate surface area is 141 Å². The van der Waals surface area contributed by atoms with E-state index in [1.807, 2.05) is 27.7 Å². The normalized spacial score (nSPS) is 16.5. The van der Waals surface area contributed by atoms with Crippen LogP contribution in [0.2, 0.25) is 0 Å². The third kappa shape index (κ3) is 2.44. The first-order chi connectivity index (χ1) is 11.2. The first kappa shape index (κ1) is 16.7. The van der Waals surface area contributed by atoms with Gasteiger partial charge in [0.05, 0.1) is 29.2 Å². The topological polar surface area (TPSA) is 89.1 Å². The average Bonchev–Trinajstić information content (AvgIpc) is 3.16. The lowest BCUT2D eigenvalue weighted by Gasteiger charge is -2.14. The van der Waals surface area contributed by atoms with Crippen LogP contribution in [-0.2, 0) is 0 Å². The molecule has 0 bridgehead atoms. The van der Waals surface area contributed by atoms with Crippen LogP contribution in [0, 0.1) is 11.8 Å². The first-order valence-electron chi connectivity index (χ1n) is 8.28. The van der Waals surface area contributed by atoms with Crippen LogP contribution in [0.5, 0.6) is 0 Å². The van der Waals surface area contributed by atoms with E-state index in [9.17, 15) is 15.0 Å². The predicted molar refractivity (Wildman–Crippen MR) is 92.7 cm³/mol. The number of ketones is 1. The Morgan fingerprint density at radius 2 is 1.33 bits per heavy atom. The number of H-pyrrole nitrogens is 2. The van der Waals surface area contributed by atoms with Crippen LogP contribution in [0.15, 0.2) is 18.7 Å². The van der Waals surface area contributed by atoms with Crippen LogP contribution in [0.1, 0.15) is 78.6 Å². The highest BCUT2D eigenvalue weighted by Gasteiger charge is 2.32. The molecule has 2 atom stereocenters. The van der Waals surface area contributed by atoms with Crippen molar-refractivity contribution in [2.45, 2.75) is 39.9 Å². The molecule has 24 heavy (non-hydrogen) atoms. The molecule has 0 spiro atoms. The second-order valence-corrected chi connectivity index (χ2v) is 7.21. The van der Waals surface area contributed by atoms with Crippen molar-refractivity contribution in [1.29, 1.82) is 0 Å². The fraction of sp³-hybridized carbons (Fsp3) is 0.421. The summed E-state index contributed by atoms with van der Waals surface area (Å²) >= 11 is 0. The molecule has 1 aliphatic rings. The third-order valence-corrected chi connectivity index (χ3v) is 4.68. The summed E-state index contributed by atoms with van der Waals surface area (Å²) in [6, 6.07) is 3.50. The van der Waals surface area contributed by atoms with Gasteiger partial charge in [0.15, 0.2) is 0 Å². The molecule has 0 amide bonds. The average molecular weight is 328 g/mol. The Kier molecular flexibility index (Phi) is 4.01. The van der Waals surface area contributed by atoms with Gasteiger partial charge in [0.2, 0.25) is 5.78 Å². The van der Waals surface area contributed by atoms with Crippen LogP contribution in [-0.4, -0.2) is 26.0 Å². The second-order valence-electron chi connectivity index (χ2n) is 7.21. The quantitative estimate of drug-likeness (QED) is 0.592. The maximum Gasteiger partial charge on any atom is 0.211 e. The van der Waals surface area contributed by atoms with Gasteiger partial charge >= 0.3 is 0 Å². The van der Waals surface area contributed by atoms with Crippen molar-refractivity contribution in [2.75, 3.05) is 0 Å². The standard InChI is InChI=1S/C19H24N2O3/c1-8(2)17(22)13-6-11-10(5)15-12(19(24)16(11)21-13)7-14(20-15)18(23)9(3)4/h6-9,17-18,20-23H,5H2,1-4H3/t17-,18-/m1/s1. The van der Waals surface area contributed by atoms with Crippen LogP contribution < -0.4 is 0 Å². The zero-order valence-corrected chi connectivity index (χ0v) is 14.5. The van der Waals surface area contributed by atoms with E-state index in [-0.39, 0.29) is 17.6 Å². The summed E-state index contributed by atoms with van der Waals surface area (Å²) < 4.78 is 0. The van der Waals surface area contributed by atoms with Crippen molar-refractivity contribution in [3.8, 4) is 0 Å². The summed E-state index contributed by atoms with van der Waals surface area (Å²) in [7, 11) is 0. The van der Waals surface area contributed by atoms with Crippen molar-refractivity contribution in [1.82, 2.24) is 9.97 Å². The van der Waals surface area contributed by atoms with Gasteiger partial charge in [0, 0.05) is 22.5 Å². The summed E-state index contributed by atoms with van der Waals surface area (Å²) in [5.41, 5.74) is 4.25. The molecule has 2 aromatic rings. The summed E-state index contributed by atoms with van der Waals surface area (Å²) in [4.78, 5) is 19.0. The minimum atomic E-state index is -0.659. The van der Waals surface area contributed by atoms with E-state index in [0.29, 0.717) is 39.5 Å². The highest BCUT2D eigenvalue weighted by Crippen LogP contribution is 2.38. The van der Waals surface area contributed by atoms with Crippen LogP contribution in [0.4, 0.5) is 0 Å². The second kappa shape index (κ2) is 5.76. The van der Waals surface area contributed by atoms with Crippen LogP contribution in [0.3, 0.4) is 0 Å². The van der Waals surface area contributed by atoms with E-state index >= 15 is 0 Å². The van der Waals surface area contributed by atoms with E-state index in [1.54, 1.807) is 12.1 Å². The molecule has 5 nitrogen and oxygen atoms in total. The molecule has 2 heterocycles. The maximum atomic E-state index is 12.8. The fourth-order valence-electron chi connectivity index (χ4n) is 3.09. The summed E-state index contributed by atoms with van der Waals surface area (Å²) in [6.07, 6.45) is -1.32. The molecule has 0 radical (unpaired) electrons. The Bertz CT molecular complexity index is 695. The smallest absolute Gasteiger partial charge is 0.211 e. The molecule has 3 rings (SSSR count). The first-order valence-corrected chi connectivity index (χ1v) is 8.28. The number of carbonyl (C=O) groups excluding carboxylic acids is 1. The molecule has 0 saturated carbocycles. The number of aromatic nitrogens is 2. The molecule has 0 aromatic carbocycles. The fourth-order valence-corrected chi connectivity index (χ4v) is 3.09. The zero-order chi connectivity index (χ0) is 17.8. The molecule has 0 aliphatic heterocycles. The van der Waals surface area contributed by atoms with E-state index in [0.717, 1.165) is 0 Å². The number of hydrogen-bond donors (Lipinski definition) is 4. The lowest BCUT2D eigenvalue weighted by molar-refractivity contribution is 0.103. The predicted octanol–water partition coefficient (Wildman–Crippen LogP) is 3.33. The molecule has 1 aliphatic carbocycles. The van der Waals surface area contributed by atoms with Gasteiger partial charge < -0.3 is 20.2 Å². The molecule has 5 heteroatoms. The number of hydrogen-bond acceptors (Lipinski definition) is 3. The van der Waals surface area contributed by atoms with Crippen LogP contribution in [0.25, 0.3) is 5.57 Å². The Morgan fingerprint density at radius 1 is 0.875 bits per heavy atom. The van der Waals surface area contributed by atoms with Crippen molar-refractivity contribution >= 4 is 11.4 Å². The maximum absolute atomic E-state index is 12.8. The van der Waals surface area contributed by atoms with Gasteiger partial charge in [-0.05, 0) is 24.0 Å². The Morgan fingerprint density at radius 3 is 1.83 bits per heavy atom. The zero-order valence-electron chi connectivity index (χ0n) is 14.5. The number of fused-ring (bicyclic) bond motifs is 2. The van der Waals surface area contributed by atoms with E-state index in [2.05, 4.69) is 16.5 Å². The van der Waals surface area contributed by atoms with Gasteiger partial charge in [-0.3, -0.25) is 4.79 Å². The largest absolute Gasteiger partial charge is 0.387 e. The number of nitrogens with one attached hydrogen (secondary N) is 2. The highest BCUT2D eigenvalue weighted by atomic mass is 16.3. The van der Waals surface area contributed by atoms with E-state index < -0.39 is 12.2 Å². The molecule has 0 saturated heterocycles. The Hall–Kier alpha value is -2.11. The van der Waals surface area contributed by atoms with E-state index in [4.69, 9.17) is 0 Å². The van der Waals surface area contributed by atoms with Crippen molar-refractivity contribution in [3.05, 3.63) is 52.6 Å². The number of aliphatic hydroxyl groups is 2. The van der Waals surface area contributed by atoms with Gasteiger partial charge in [-0.2, -0.15) is 0 Å². The Balaban J connectivity index is 2.05. The minimum Gasteiger partial charge on any atom is -0.387 e. The van der Waals surface area contributed by atoms with Gasteiger partial charge in [-0.25, -0.2) is 0 Å². The summed E-state index contributed by atoms with van der Waals surface area (Å²) in [5.74, 6) is -0.0637. The van der Waals surface area contributed by atoms with Gasteiger partial charge in [0.25, 0.3) is 0 Å². The van der Waals surface area contributed by atoms with Crippen LogP contribution >= 0.6 is 0 Å². The van der Waals surface area contributed by atoms with Gasteiger partial charge in [-0.1, -0.05) is 34.3 Å². The number of rotatable bonds is 4. The monoisotopic (exact) mass is 328 g/mol. The third-order valence-electron chi connectivity index (χ3n) is 4.68. The van der Waals surface area contributed by atoms with Crippen molar-refractivity contribution in [3.63, 3.8) is 0 Å². The number of carbonyl (C=O) groups is 1.